The molecule has 0 saturated carbocycles. The molecule has 0 aliphatic carbocycles. The quantitative estimate of drug-likeness (QED) is 0.570. The SMILES string of the molecule is O=c1ccn(-c2cnc3ccc(C4CCN(Cc5ccccc5)CC4)cn23)c(=O)[nH]1. The van der Waals surface area contributed by atoms with Gasteiger partial charge in [0.2, 0.25) is 0 Å². The fraction of sp³-hybridized carbons (Fsp3) is 0.261. The fourth-order valence-corrected chi connectivity index (χ4v) is 4.27. The van der Waals surface area contributed by atoms with Crippen LogP contribution >= 0.6 is 0 Å². The van der Waals surface area contributed by atoms with E-state index in [9.17, 15) is 9.59 Å². The number of nitrogens with zero attached hydrogens (tertiary/aromatic N) is 4. The number of benzene rings is 1. The van der Waals surface area contributed by atoms with Gasteiger partial charge in [0.1, 0.15) is 11.5 Å². The Kier molecular flexibility index (Phi) is 4.80. The molecule has 1 fully saturated rings. The number of piperidine rings is 1. The summed E-state index contributed by atoms with van der Waals surface area (Å²) >= 11 is 0. The lowest BCUT2D eigenvalue weighted by molar-refractivity contribution is 0.204. The summed E-state index contributed by atoms with van der Waals surface area (Å²) in [6.07, 6.45) is 7.41. The van der Waals surface area contributed by atoms with Crippen molar-refractivity contribution in [3.05, 3.63) is 99.1 Å². The zero-order valence-electron chi connectivity index (χ0n) is 16.6. The first-order valence-corrected chi connectivity index (χ1v) is 10.2. The van der Waals surface area contributed by atoms with Crippen molar-refractivity contribution in [3.8, 4) is 5.82 Å². The van der Waals surface area contributed by atoms with Crippen molar-refractivity contribution < 1.29 is 0 Å². The monoisotopic (exact) mass is 401 g/mol. The average molecular weight is 401 g/mol. The summed E-state index contributed by atoms with van der Waals surface area (Å²) in [6.45, 7) is 3.12. The molecule has 4 aromatic rings. The van der Waals surface area contributed by atoms with Gasteiger partial charge in [0, 0.05) is 25.0 Å². The normalized spacial score (nSPS) is 15.6. The molecule has 0 atom stereocenters. The summed E-state index contributed by atoms with van der Waals surface area (Å²) in [4.78, 5) is 32.8. The highest BCUT2D eigenvalue weighted by atomic mass is 16.2. The van der Waals surface area contributed by atoms with E-state index in [-0.39, 0.29) is 0 Å². The van der Waals surface area contributed by atoms with Gasteiger partial charge in [-0.3, -0.25) is 23.6 Å². The first-order valence-electron chi connectivity index (χ1n) is 10.2. The summed E-state index contributed by atoms with van der Waals surface area (Å²) < 4.78 is 3.33. The van der Waals surface area contributed by atoms with Gasteiger partial charge in [0.15, 0.2) is 0 Å². The summed E-state index contributed by atoms with van der Waals surface area (Å²) in [5.41, 5.74) is 2.50. The van der Waals surface area contributed by atoms with Crippen molar-refractivity contribution in [1.29, 1.82) is 0 Å². The molecule has 152 valence electrons. The minimum atomic E-state index is -0.469. The van der Waals surface area contributed by atoms with E-state index in [1.165, 1.54) is 28.0 Å². The Bertz CT molecular complexity index is 1280. The number of aromatic nitrogens is 4. The van der Waals surface area contributed by atoms with Crippen LogP contribution in [0.3, 0.4) is 0 Å². The van der Waals surface area contributed by atoms with E-state index < -0.39 is 11.2 Å². The van der Waals surface area contributed by atoms with Crippen molar-refractivity contribution in [2.45, 2.75) is 25.3 Å². The molecule has 5 rings (SSSR count). The number of hydrogen-bond donors (Lipinski definition) is 1. The maximum absolute atomic E-state index is 12.2. The van der Waals surface area contributed by atoms with Gasteiger partial charge in [0.25, 0.3) is 5.56 Å². The predicted octanol–water partition coefficient (Wildman–Crippen LogP) is 2.55. The Morgan fingerprint density at radius 3 is 2.57 bits per heavy atom. The van der Waals surface area contributed by atoms with Gasteiger partial charge in [-0.25, -0.2) is 9.78 Å². The van der Waals surface area contributed by atoms with Crippen molar-refractivity contribution in [1.82, 2.24) is 23.8 Å². The first kappa shape index (κ1) is 18.6. The number of nitrogens with one attached hydrogen (secondary N) is 1. The molecule has 0 bridgehead atoms. The van der Waals surface area contributed by atoms with Gasteiger partial charge in [-0.15, -0.1) is 0 Å². The van der Waals surface area contributed by atoms with Crippen LogP contribution in [0, 0.1) is 0 Å². The molecular weight excluding hydrogens is 378 g/mol. The van der Waals surface area contributed by atoms with Crippen LogP contribution in [0.1, 0.15) is 29.9 Å². The van der Waals surface area contributed by atoms with Crippen LogP contribution in [0.25, 0.3) is 11.5 Å². The highest BCUT2D eigenvalue weighted by Gasteiger charge is 2.21. The van der Waals surface area contributed by atoms with Gasteiger partial charge < -0.3 is 0 Å². The smallest absolute Gasteiger partial charge is 0.299 e. The van der Waals surface area contributed by atoms with Gasteiger partial charge in [-0.1, -0.05) is 36.4 Å². The van der Waals surface area contributed by atoms with Crippen molar-refractivity contribution in [2.75, 3.05) is 13.1 Å². The molecule has 1 N–H and O–H groups in total. The predicted molar refractivity (Wildman–Crippen MR) is 115 cm³/mol. The number of likely N-dealkylation sites (tertiary alicyclic amines) is 1. The van der Waals surface area contributed by atoms with Gasteiger partial charge >= 0.3 is 5.69 Å². The van der Waals surface area contributed by atoms with Crippen LogP contribution in [-0.4, -0.2) is 36.9 Å². The summed E-state index contributed by atoms with van der Waals surface area (Å²) in [5, 5.41) is 0. The van der Waals surface area contributed by atoms with Crippen LogP contribution in [0.5, 0.6) is 0 Å². The Labute approximate surface area is 173 Å². The van der Waals surface area contributed by atoms with E-state index in [0.29, 0.717) is 11.7 Å². The minimum Gasteiger partial charge on any atom is -0.299 e. The van der Waals surface area contributed by atoms with Crippen LogP contribution in [0.2, 0.25) is 0 Å². The number of pyridine rings is 1. The van der Waals surface area contributed by atoms with Crippen LogP contribution in [0.4, 0.5) is 0 Å². The lowest BCUT2D eigenvalue weighted by atomic mass is 9.90. The van der Waals surface area contributed by atoms with Gasteiger partial charge in [0.05, 0.1) is 6.20 Å². The van der Waals surface area contributed by atoms with E-state index in [0.717, 1.165) is 38.1 Å². The molecule has 0 radical (unpaired) electrons. The van der Waals surface area contributed by atoms with E-state index in [2.05, 4.69) is 57.5 Å². The zero-order valence-corrected chi connectivity index (χ0v) is 16.6. The molecule has 7 nitrogen and oxygen atoms in total. The summed E-state index contributed by atoms with van der Waals surface area (Å²) in [6, 6.07) is 16.1. The van der Waals surface area contributed by atoms with Gasteiger partial charge in [-0.05, 0) is 49.0 Å². The van der Waals surface area contributed by atoms with E-state index in [1.54, 1.807) is 6.20 Å². The largest absolute Gasteiger partial charge is 0.334 e. The lowest BCUT2D eigenvalue weighted by Gasteiger charge is -2.32. The van der Waals surface area contributed by atoms with Crippen molar-refractivity contribution in [2.24, 2.45) is 0 Å². The van der Waals surface area contributed by atoms with Crippen LogP contribution in [-0.2, 0) is 6.54 Å². The molecule has 0 amide bonds. The Morgan fingerprint density at radius 1 is 1.00 bits per heavy atom. The second kappa shape index (κ2) is 7.76. The molecule has 1 aliphatic heterocycles. The summed E-state index contributed by atoms with van der Waals surface area (Å²) in [7, 11) is 0. The maximum atomic E-state index is 12.2. The molecule has 3 aromatic heterocycles. The molecule has 1 saturated heterocycles. The molecule has 0 spiro atoms. The molecule has 7 heteroatoms. The number of fused-ring (bicyclic) bond motifs is 1. The Morgan fingerprint density at radius 2 is 1.80 bits per heavy atom. The molecule has 30 heavy (non-hydrogen) atoms. The Hall–Kier alpha value is -3.45. The van der Waals surface area contributed by atoms with Crippen molar-refractivity contribution in [3.63, 3.8) is 0 Å². The molecule has 4 heterocycles. The Balaban J connectivity index is 1.37. The number of imidazole rings is 1. The standard InChI is InChI=1S/C23H23N5O2/c29-21-10-13-27(23(30)25-21)22-14-24-20-7-6-19(16-28(20)22)18-8-11-26(12-9-18)15-17-4-2-1-3-5-17/h1-7,10,13-14,16,18H,8-9,11-12,15H2,(H,25,29,30). The average Bonchev–Trinajstić information content (AvgIpc) is 3.18. The fourth-order valence-electron chi connectivity index (χ4n) is 4.27. The van der Waals surface area contributed by atoms with Crippen LogP contribution in [0.15, 0.2) is 76.7 Å². The first-order chi connectivity index (χ1) is 14.7. The molecule has 1 aliphatic rings. The number of hydrogen-bond acceptors (Lipinski definition) is 4. The van der Waals surface area contributed by atoms with E-state index in [4.69, 9.17) is 0 Å². The highest BCUT2D eigenvalue weighted by molar-refractivity contribution is 5.46. The molecule has 1 aromatic carbocycles. The maximum Gasteiger partial charge on any atom is 0.334 e. The second-order valence-corrected chi connectivity index (χ2v) is 7.82. The number of aromatic amines is 1. The highest BCUT2D eigenvalue weighted by Crippen LogP contribution is 2.29. The van der Waals surface area contributed by atoms with Gasteiger partial charge in [-0.2, -0.15) is 0 Å². The van der Waals surface area contributed by atoms with Crippen LogP contribution < -0.4 is 11.2 Å². The molecule has 0 unspecified atom stereocenters. The zero-order chi connectivity index (χ0) is 20.5. The second-order valence-electron chi connectivity index (χ2n) is 7.82. The third-order valence-electron chi connectivity index (χ3n) is 5.89. The third-order valence-corrected chi connectivity index (χ3v) is 5.89. The summed E-state index contributed by atoms with van der Waals surface area (Å²) in [5.74, 6) is 1.10. The van der Waals surface area contributed by atoms with E-state index >= 15 is 0 Å². The topological polar surface area (TPSA) is 75.4 Å². The lowest BCUT2D eigenvalue weighted by Crippen LogP contribution is -2.32. The number of rotatable bonds is 4. The molecular formula is C23H23N5O2. The third kappa shape index (κ3) is 3.59. The van der Waals surface area contributed by atoms with E-state index in [1.807, 2.05) is 10.5 Å². The number of H-pyrrole nitrogens is 1. The van der Waals surface area contributed by atoms with Crippen molar-refractivity contribution >= 4 is 5.65 Å². The minimum absolute atomic E-state index is 0.409.